The van der Waals surface area contributed by atoms with Crippen LogP contribution in [-0.4, -0.2) is 43.6 Å². The van der Waals surface area contributed by atoms with Crippen LogP contribution in [0.4, 0.5) is 0 Å². The van der Waals surface area contributed by atoms with E-state index < -0.39 is 6.10 Å². The molecule has 0 saturated heterocycles. The Hall–Kier alpha value is -0.460. The molecule has 0 bridgehead atoms. The van der Waals surface area contributed by atoms with Gasteiger partial charge in [-0.05, 0) is 30.7 Å². The second-order valence-electron chi connectivity index (χ2n) is 5.02. The van der Waals surface area contributed by atoms with Crippen LogP contribution < -0.4 is 5.32 Å². The van der Waals surface area contributed by atoms with Crippen molar-refractivity contribution >= 4 is 11.3 Å². The highest BCUT2D eigenvalue weighted by Crippen LogP contribution is 2.21. The summed E-state index contributed by atoms with van der Waals surface area (Å²) in [6.07, 6.45) is 3.21. The Kier molecular flexibility index (Phi) is 6.26. The molecule has 3 unspecified atom stereocenters. The van der Waals surface area contributed by atoms with Crippen molar-refractivity contribution in [1.29, 1.82) is 0 Å². The molecule has 108 valence electrons. The van der Waals surface area contributed by atoms with Crippen LogP contribution in [0.15, 0.2) is 17.5 Å². The van der Waals surface area contributed by atoms with Crippen molar-refractivity contribution in [2.45, 2.75) is 44.1 Å². The van der Waals surface area contributed by atoms with E-state index in [0.29, 0.717) is 31.9 Å². The third-order valence-corrected chi connectivity index (χ3v) is 4.34. The maximum Gasteiger partial charge on any atom is 0.0897 e. The zero-order valence-corrected chi connectivity index (χ0v) is 12.2. The SMILES string of the molecule is COC1CCC(NCC(O)COCc2cccs2)C1. The molecule has 0 spiro atoms. The fourth-order valence-corrected chi connectivity index (χ4v) is 3.03. The summed E-state index contributed by atoms with van der Waals surface area (Å²) in [6.45, 7) is 1.56. The molecule has 3 atom stereocenters. The lowest BCUT2D eigenvalue weighted by molar-refractivity contribution is 0.0283. The zero-order valence-electron chi connectivity index (χ0n) is 11.4. The summed E-state index contributed by atoms with van der Waals surface area (Å²) < 4.78 is 10.8. The molecule has 0 aliphatic heterocycles. The molecule has 0 aromatic carbocycles. The minimum Gasteiger partial charge on any atom is -0.389 e. The van der Waals surface area contributed by atoms with Gasteiger partial charge >= 0.3 is 0 Å². The van der Waals surface area contributed by atoms with Crippen LogP contribution in [0.5, 0.6) is 0 Å². The van der Waals surface area contributed by atoms with Crippen molar-refractivity contribution < 1.29 is 14.6 Å². The molecule has 2 rings (SSSR count). The number of aliphatic hydroxyl groups excluding tert-OH is 1. The third kappa shape index (κ3) is 5.20. The van der Waals surface area contributed by atoms with Crippen molar-refractivity contribution in [1.82, 2.24) is 5.32 Å². The fraction of sp³-hybridized carbons (Fsp3) is 0.714. The molecule has 1 aromatic heterocycles. The van der Waals surface area contributed by atoms with E-state index in [0.717, 1.165) is 19.3 Å². The van der Waals surface area contributed by atoms with Crippen molar-refractivity contribution in [3.63, 3.8) is 0 Å². The van der Waals surface area contributed by atoms with Gasteiger partial charge in [-0.3, -0.25) is 0 Å². The lowest BCUT2D eigenvalue weighted by Crippen LogP contribution is -2.36. The van der Waals surface area contributed by atoms with Gasteiger partial charge in [-0.2, -0.15) is 0 Å². The highest BCUT2D eigenvalue weighted by atomic mass is 32.1. The first-order valence-electron chi connectivity index (χ1n) is 6.82. The second kappa shape index (κ2) is 7.97. The molecule has 0 radical (unpaired) electrons. The fourth-order valence-electron chi connectivity index (χ4n) is 2.39. The Labute approximate surface area is 118 Å². The van der Waals surface area contributed by atoms with Crippen LogP contribution in [0.3, 0.4) is 0 Å². The van der Waals surface area contributed by atoms with E-state index in [1.165, 1.54) is 4.88 Å². The monoisotopic (exact) mass is 285 g/mol. The number of thiophene rings is 1. The van der Waals surface area contributed by atoms with Gasteiger partial charge in [0.15, 0.2) is 0 Å². The molecular formula is C14H23NO3S. The smallest absolute Gasteiger partial charge is 0.0897 e. The summed E-state index contributed by atoms with van der Waals surface area (Å²) >= 11 is 1.67. The van der Waals surface area contributed by atoms with E-state index in [1.54, 1.807) is 18.4 Å². The van der Waals surface area contributed by atoms with Gasteiger partial charge in [-0.25, -0.2) is 0 Å². The van der Waals surface area contributed by atoms with E-state index in [2.05, 4.69) is 5.32 Å². The van der Waals surface area contributed by atoms with Crippen LogP contribution in [-0.2, 0) is 16.1 Å². The van der Waals surface area contributed by atoms with Crippen LogP contribution >= 0.6 is 11.3 Å². The maximum absolute atomic E-state index is 9.85. The van der Waals surface area contributed by atoms with Crippen LogP contribution in [0.1, 0.15) is 24.1 Å². The van der Waals surface area contributed by atoms with Crippen molar-refractivity contribution in [2.75, 3.05) is 20.3 Å². The normalized spacial score (nSPS) is 24.7. The van der Waals surface area contributed by atoms with Gasteiger partial charge in [0.05, 0.1) is 25.4 Å². The summed E-state index contributed by atoms with van der Waals surface area (Å²) in [6, 6.07) is 4.52. The molecule has 0 amide bonds. The molecule has 1 saturated carbocycles. The predicted molar refractivity (Wildman–Crippen MR) is 76.4 cm³/mol. The van der Waals surface area contributed by atoms with E-state index in [1.807, 2.05) is 17.5 Å². The maximum atomic E-state index is 9.85. The van der Waals surface area contributed by atoms with Gasteiger partial charge in [0, 0.05) is 24.6 Å². The van der Waals surface area contributed by atoms with Crippen LogP contribution in [0.2, 0.25) is 0 Å². The largest absolute Gasteiger partial charge is 0.389 e. The third-order valence-electron chi connectivity index (χ3n) is 3.49. The predicted octanol–water partition coefficient (Wildman–Crippen LogP) is 1.78. The number of nitrogens with one attached hydrogen (secondary N) is 1. The molecule has 1 aliphatic carbocycles. The van der Waals surface area contributed by atoms with Gasteiger partial charge in [0.25, 0.3) is 0 Å². The van der Waals surface area contributed by atoms with Crippen molar-refractivity contribution in [2.24, 2.45) is 0 Å². The molecular weight excluding hydrogens is 262 g/mol. The Balaban J connectivity index is 1.53. The first-order valence-corrected chi connectivity index (χ1v) is 7.70. The minimum absolute atomic E-state index is 0.379. The van der Waals surface area contributed by atoms with Crippen LogP contribution in [0.25, 0.3) is 0 Å². The molecule has 1 aliphatic rings. The highest BCUT2D eigenvalue weighted by molar-refractivity contribution is 7.09. The second-order valence-corrected chi connectivity index (χ2v) is 6.06. The summed E-state index contributed by atoms with van der Waals surface area (Å²) in [7, 11) is 1.76. The number of hydrogen-bond acceptors (Lipinski definition) is 5. The van der Waals surface area contributed by atoms with Gasteiger partial charge < -0.3 is 19.9 Å². The average molecular weight is 285 g/mol. The van der Waals surface area contributed by atoms with E-state index in [-0.39, 0.29) is 0 Å². The number of aliphatic hydroxyl groups is 1. The van der Waals surface area contributed by atoms with Crippen molar-refractivity contribution in [3.8, 4) is 0 Å². The first-order chi connectivity index (χ1) is 9.28. The standard InChI is InChI=1S/C14H23NO3S/c1-17-13-5-4-11(7-13)15-8-12(16)9-18-10-14-3-2-6-19-14/h2-3,6,11-13,15-16H,4-5,7-10H2,1H3. The number of rotatable bonds is 8. The van der Waals surface area contributed by atoms with Gasteiger partial charge in [0.1, 0.15) is 0 Å². The van der Waals surface area contributed by atoms with Gasteiger partial charge in [-0.15, -0.1) is 11.3 Å². The first kappa shape index (κ1) is 14.9. The lowest BCUT2D eigenvalue weighted by atomic mass is 10.2. The summed E-state index contributed by atoms with van der Waals surface area (Å²) in [5.74, 6) is 0. The Morgan fingerprint density at radius 1 is 1.53 bits per heavy atom. The lowest BCUT2D eigenvalue weighted by Gasteiger charge is -2.16. The Bertz CT molecular complexity index is 344. The molecule has 2 N–H and O–H groups in total. The van der Waals surface area contributed by atoms with Gasteiger partial charge in [0.2, 0.25) is 0 Å². The van der Waals surface area contributed by atoms with Crippen molar-refractivity contribution in [3.05, 3.63) is 22.4 Å². The Morgan fingerprint density at radius 2 is 2.42 bits per heavy atom. The van der Waals surface area contributed by atoms with E-state index in [4.69, 9.17) is 9.47 Å². The molecule has 4 nitrogen and oxygen atoms in total. The Morgan fingerprint density at radius 3 is 3.11 bits per heavy atom. The summed E-state index contributed by atoms with van der Waals surface area (Å²) in [5, 5.41) is 15.3. The highest BCUT2D eigenvalue weighted by Gasteiger charge is 2.24. The molecule has 5 heteroatoms. The quantitative estimate of drug-likeness (QED) is 0.764. The summed E-state index contributed by atoms with van der Waals surface area (Å²) in [4.78, 5) is 1.19. The molecule has 1 heterocycles. The van der Waals surface area contributed by atoms with E-state index >= 15 is 0 Å². The topological polar surface area (TPSA) is 50.7 Å². The number of ether oxygens (including phenoxy) is 2. The molecule has 1 aromatic rings. The minimum atomic E-state index is -0.443. The average Bonchev–Trinajstić information content (AvgIpc) is 3.07. The summed E-state index contributed by atoms with van der Waals surface area (Å²) in [5.41, 5.74) is 0. The zero-order chi connectivity index (χ0) is 13.5. The van der Waals surface area contributed by atoms with Gasteiger partial charge in [-0.1, -0.05) is 6.07 Å². The van der Waals surface area contributed by atoms with E-state index in [9.17, 15) is 5.11 Å². The number of hydrogen-bond donors (Lipinski definition) is 2. The van der Waals surface area contributed by atoms with Crippen LogP contribution in [0, 0.1) is 0 Å². The number of methoxy groups -OCH3 is 1. The molecule has 1 fully saturated rings. The molecule has 19 heavy (non-hydrogen) atoms.